The lowest BCUT2D eigenvalue weighted by molar-refractivity contribution is -0.125. The number of ether oxygens (including phenoxy) is 1. The summed E-state index contributed by atoms with van der Waals surface area (Å²) in [6.07, 6.45) is 0.755. The summed E-state index contributed by atoms with van der Waals surface area (Å²) in [7, 11) is 0. The quantitative estimate of drug-likeness (QED) is 0.781. The van der Waals surface area contributed by atoms with Gasteiger partial charge >= 0.3 is 5.97 Å². The van der Waals surface area contributed by atoms with E-state index >= 15 is 0 Å². The number of nitrogens with one attached hydrogen (secondary N) is 1. The number of aromatic nitrogens is 3. The van der Waals surface area contributed by atoms with Crippen molar-refractivity contribution in [3.8, 4) is 5.82 Å². The molecule has 0 aliphatic rings. The summed E-state index contributed by atoms with van der Waals surface area (Å²) in [6.45, 7) is 9.09. The third kappa shape index (κ3) is 4.82. The molecule has 0 unspecified atom stereocenters. The number of amides is 1. The summed E-state index contributed by atoms with van der Waals surface area (Å²) in [5.41, 5.74) is 1.28. The fourth-order valence-corrected chi connectivity index (χ4v) is 2.44. The zero-order valence-corrected chi connectivity index (χ0v) is 16.3. The van der Waals surface area contributed by atoms with Crippen LogP contribution in [-0.4, -0.2) is 38.8 Å². The fourth-order valence-electron chi connectivity index (χ4n) is 2.26. The minimum absolute atomic E-state index is 0.0562. The molecule has 2 rings (SSSR count). The Morgan fingerprint density at radius 3 is 2.58 bits per heavy atom. The number of hydrogen-bond donors (Lipinski definition) is 1. The molecular formula is C18H23ClN4O3. The van der Waals surface area contributed by atoms with Crippen LogP contribution >= 0.6 is 11.6 Å². The van der Waals surface area contributed by atoms with Gasteiger partial charge in [-0.25, -0.2) is 14.5 Å². The molecule has 140 valence electrons. The SMILES string of the molecule is CCC(C)(C)NC(=O)COC(=O)c1nc(-n2nc(C)cc2C)ccc1Cl. The van der Waals surface area contributed by atoms with Crippen molar-refractivity contribution in [1.82, 2.24) is 20.1 Å². The molecule has 0 fully saturated rings. The van der Waals surface area contributed by atoms with Crippen LogP contribution in [-0.2, 0) is 9.53 Å². The van der Waals surface area contributed by atoms with Crippen LogP contribution in [0.4, 0.5) is 0 Å². The molecule has 1 N–H and O–H groups in total. The Labute approximate surface area is 157 Å². The van der Waals surface area contributed by atoms with Gasteiger partial charge in [-0.2, -0.15) is 5.10 Å². The summed E-state index contributed by atoms with van der Waals surface area (Å²) in [5.74, 6) is -0.692. The van der Waals surface area contributed by atoms with E-state index in [0.29, 0.717) is 5.82 Å². The van der Waals surface area contributed by atoms with Crippen LogP contribution in [0.1, 0.15) is 49.1 Å². The highest BCUT2D eigenvalue weighted by Gasteiger charge is 2.21. The van der Waals surface area contributed by atoms with Crippen LogP contribution in [0.15, 0.2) is 18.2 Å². The minimum Gasteiger partial charge on any atom is -0.451 e. The molecule has 2 aromatic heterocycles. The molecule has 0 aliphatic heterocycles. The van der Waals surface area contributed by atoms with Crippen LogP contribution in [0.5, 0.6) is 0 Å². The molecule has 0 saturated heterocycles. The average Bonchev–Trinajstić information content (AvgIpc) is 2.91. The van der Waals surface area contributed by atoms with Crippen molar-refractivity contribution in [1.29, 1.82) is 0 Å². The van der Waals surface area contributed by atoms with E-state index in [1.54, 1.807) is 16.8 Å². The van der Waals surface area contributed by atoms with E-state index in [4.69, 9.17) is 16.3 Å². The van der Waals surface area contributed by atoms with Crippen LogP contribution in [0, 0.1) is 13.8 Å². The molecule has 26 heavy (non-hydrogen) atoms. The van der Waals surface area contributed by atoms with Gasteiger partial charge < -0.3 is 10.1 Å². The van der Waals surface area contributed by atoms with Crippen molar-refractivity contribution in [3.63, 3.8) is 0 Å². The fraction of sp³-hybridized carbons (Fsp3) is 0.444. The lowest BCUT2D eigenvalue weighted by Crippen LogP contribution is -2.44. The van der Waals surface area contributed by atoms with Crippen molar-refractivity contribution in [3.05, 3.63) is 40.3 Å². The van der Waals surface area contributed by atoms with Crippen molar-refractivity contribution < 1.29 is 14.3 Å². The number of carbonyl (C=O) groups excluding carboxylic acids is 2. The van der Waals surface area contributed by atoms with Gasteiger partial charge in [-0.05, 0) is 52.3 Å². The Morgan fingerprint density at radius 1 is 1.31 bits per heavy atom. The van der Waals surface area contributed by atoms with Gasteiger partial charge in [0.2, 0.25) is 0 Å². The largest absolute Gasteiger partial charge is 0.451 e. The first-order valence-corrected chi connectivity index (χ1v) is 8.69. The number of rotatable bonds is 6. The second-order valence-electron chi connectivity index (χ2n) is 6.70. The van der Waals surface area contributed by atoms with Crippen molar-refractivity contribution in [2.45, 2.75) is 46.6 Å². The highest BCUT2D eigenvalue weighted by Crippen LogP contribution is 2.18. The molecule has 0 aromatic carbocycles. The predicted octanol–water partition coefficient (Wildman–Crippen LogP) is 3.00. The summed E-state index contributed by atoms with van der Waals surface area (Å²) >= 11 is 6.07. The average molecular weight is 379 g/mol. The second-order valence-corrected chi connectivity index (χ2v) is 7.11. The highest BCUT2D eigenvalue weighted by molar-refractivity contribution is 6.33. The summed E-state index contributed by atoms with van der Waals surface area (Å²) < 4.78 is 6.67. The van der Waals surface area contributed by atoms with E-state index in [9.17, 15) is 9.59 Å². The minimum atomic E-state index is -0.761. The van der Waals surface area contributed by atoms with E-state index in [-0.39, 0.29) is 22.2 Å². The first-order chi connectivity index (χ1) is 12.1. The van der Waals surface area contributed by atoms with Crippen LogP contribution in [0.2, 0.25) is 5.02 Å². The third-order valence-electron chi connectivity index (χ3n) is 3.95. The van der Waals surface area contributed by atoms with Crippen LogP contribution in [0.3, 0.4) is 0 Å². The number of carbonyl (C=O) groups is 2. The molecule has 0 spiro atoms. The summed E-state index contributed by atoms with van der Waals surface area (Å²) in [4.78, 5) is 28.5. The third-order valence-corrected chi connectivity index (χ3v) is 4.25. The molecule has 0 bridgehead atoms. The summed E-state index contributed by atoms with van der Waals surface area (Å²) in [5, 5.41) is 7.27. The molecule has 2 heterocycles. The number of nitrogens with zero attached hydrogens (tertiary/aromatic N) is 3. The molecule has 0 aliphatic carbocycles. The van der Waals surface area contributed by atoms with Gasteiger partial charge in [0.05, 0.1) is 10.7 Å². The first-order valence-electron chi connectivity index (χ1n) is 8.31. The zero-order valence-electron chi connectivity index (χ0n) is 15.6. The van der Waals surface area contributed by atoms with Gasteiger partial charge in [0.25, 0.3) is 5.91 Å². The van der Waals surface area contributed by atoms with Gasteiger partial charge in [-0.1, -0.05) is 18.5 Å². The highest BCUT2D eigenvalue weighted by atomic mass is 35.5. The maximum Gasteiger partial charge on any atom is 0.359 e. The maximum absolute atomic E-state index is 12.3. The van der Waals surface area contributed by atoms with Crippen LogP contribution in [0.25, 0.3) is 5.82 Å². The van der Waals surface area contributed by atoms with E-state index < -0.39 is 12.6 Å². The number of pyridine rings is 1. The first kappa shape index (κ1) is 19.9. The van der Waals surface area contributed by atoms with Crippen molar-refractivity contribution in [2.24, 2.45) is 0 Å². The molecule has 7 nitrogen and oxygen atoms in total. The number of aryl methyl sites for hydroxylation is 2. The molecule has 1 amide bonds. The lowest BCUT2D eigenvalue weighted by atomic mass is 10.0. The Kier molecular flexibility index (Phi) is 6.02. The molecule has 0 saturated carbocycles. The molecular weight excluding hydrogens is 356 g/mol. The van der Waals surface area contributed by atoms with Gasteiger partial charge in [-0.3, -0.25) is 4.79 Å². The number of hydrogen-bond acceptors (Lipinski definition) is 5. The smallest absolute Gasteiger partial charge is 0.359 e. The summed E-state index contributed by atoms with van der Waals surface area (Å²) in [6, 6.07) is 5.11. The number of esters is 1. The predicted molar refractivity (Wildman–Crippen MR) is 98.6 cm³/mol. The molecule has 8 heteroatoms. The number of halogens is 1. The second kappa shape index (κ2) is 7.86. The van der Waals surface area contributed by atoms with Crippen molar-refractivity contribution >= 4 is 23.5 Å². The Hall–Kier alpha value is -2.41. The maximum atomic E-state index is 12.3. The normalized spacial score (nSPS) is 11.3. The van der Waals surface area contributed by atoms with Crippen molar-refractivity contribution in [2.75, 3.05) is 6.61 Å². The topological polar surface area (TPSA) is 86.1 Å². The Bertz CT molecular complexity index is 830. The van der Waals surface area contributed by atoms with Gasteiger partial charge in [0.15, 0.2) is 18.1 Å². The van der Waals surface area contributed by atoms with Gasteiger partial charge in [0.1, 0.15) is 0 Å². The van der Waals surface area contributed by atoms with Crippen LogP contribution < -0.4 is 5.32 Å². The Balaban J connectivity index is 2.13. The van der Waals surface area contributed by atoms with E-state index in [0.717, 1.165) is 17.8 Å². The van der Waals surface area contributed by atoms with E-state index in [2.05, 4.69) is 15.4 Å². The Morgan fingerprint density at radius 2 is 2.00 bits per heavy atom. The molecule has 2 aromatic rings. The van der Waals surface area contributed by atoms with E-state index in [1.165, 1.54) is 0 Å². The molecule has 0 radical (unpaired) electrons. The lowest BCUT2D eigenvalue weighted by Gasteiger charge is -2.24. The molecule has 0 atom stereocenters. The monoisotopic (exact) mass is 378 g/mol. The zero-order chi connectivity index (χ0) is 19.5. The standard InChI is InChI=1S/C18H23ClN4O3/c1-6-18(4,5)21-15(24)10-26-17(25)16-13(19)7-8-14(20-16)23-12(3)9-11(2)22-23/h7-9H,6,10H2,1-5H3,(H,21,24). The van der Waals surface area contributed by atoms with Gasteiger partial charge in [0, 0.05) is 11.2 Å². The van der Waals surface area contributed by atoms with E-state index in [1.807, 2.05) is 40.7 Å². The van der Waals surface area contributed by atoms with Gasteiger partial charge in [-0.15, -0.1) is 0 Å².